The number of halogens is 1. The third-order valence-corrected chi connectivity index (χ3v) is 5.84. The van der Waals surface area contributed by atoms with E-state index >= 15 is 0 Å². The van der Waals surface area contributed by atoms with E-state index in [0.29, 0.717) is 31.0 Å². The Kier molecular flexibility index (Phi) is 4.21. The fourth-order valence-corrected chi connectivity index (χ4v) is 4.04. The molecule has 1 unspecified atom stereocenters. The van der Waals surface area contributed by atoms with E-state index in [-0.39, 0.29) is 6.61 Å². The number of aromatic nitrogens is 1. The van der Waals surface area contributed by atoms with Crippen molar-refractivity contribution in [2.24, 2.45) is 0 Å². The van der Waals surface area contributed by atoms with Crippen LogP contribution in [-0.4, -0.2) is 38.4 Å². The van der Waals surface area contributed by atoms with E-state index in [1.54, 1.807) is 0 Å². The zero-order valence-corrected chi connectivity index (χ0v) is 13.0. The molecule has 0 radical (unpaired) electrons. The number of aromatic amines is 1. The lowest BCUT2D eigenvalue weighted by atomic mass is 10.1. The summed E-state index contributed by atoms with van der Waals surface area (Å²) in [5.74, 6) is 0. The zero-order chi connectivity index (χ0) is 14.9. The molecule has 1 atom stereocenters. The molecular weight excluding hydrogens is 312 g/mol. The normalized spacial score (nSPS) is 19.4. The molecule has 1 saturated heterocycles. The fraction of sp³-hybridized carbons (Fsp3) is 0.429. The Morgan fingerprint density at radius 1 is 1.43 bits per heavy atom. The molecule has 0 amide bonds. The maximum Gasteiger partial charge on any atom is 0.216 e. The quantitative estimate of drug-likeness (QED) is 0.882. The summed E-state index contributed by atoms with van der Waals surface area (Å²) >= 11 is 6.00. The highest BCUT2D eigenvalue weighted by molar-refractivity contribution is 7.90. The van der Waals surface area contributed by atoms with E-state index in [1.165, 1.54) is 0 Å². The predicted molar refractivity (Wildman–Crippen MR) is 83.2 cm³/mol. The Labute approximate surface area is 128 Å². The SMILES string of the molecule is O=S(=O)(NCCc1c[nH]c2ccc(Cl)cc12)C1CCOC1. The van der Waals surface area contributed by atoms with Crippen molar-refractivity contribution in [1.82, 2.24) is 9.71 Å². The first-order valence-corrected chi connectivity index (χ1v) is 8.80. The fourth-order valence-electron chi connectivity index (χ4n) is 2.56. The summed E-state index contributed by atoms with van der Waals surface area (Å²) in [4.78, 5) is 3.16. The first-order chi connectivity index (χ1) is 10.1. The van der Waals surface area contributed by atoms with Crippen LogP contribution in [0.25, 0.3) is 10.9 Å². The molecule has 0 saturated carbocycles. The third kappa shape index (κ3) is 3.23. The van der Waals surface area contributed by atoms with E-state index in [9.17, 15) is 8.42 Å². The first-order valence-electron chi connectivity index (χ1n) is 6.88. The second kappa shape index (κ2) is 5.96. The Morgan fingerprint density at radius 2 is 2.29 bits per heavy atom. The number of hydrogen-bond acceptors (Lipinski definition) is 3. The lowest BCUT2D eigenvalue weighted by Crippen LogP contribution is -2.35. The van der Waals surface area contributed by atoms with Gasteiger partial charge in [-0.05, 0) is 36.6 Å². The van der Waals surface area contributed by atoms with Gasteiger partial charge in [-0.2, -0.15) is 0 Å². The van der Waals surface area contributed by atoms with Crippen molar-refractivity contribution in [3.05, 3.63) is 35.0 Å². The predicted octanol–water partition coefficient (Wildman–Crippen LogP) is 2.07. The minimum Gasteiger partial charge on any atom is -0.380 e. The Bertz CT molecular complexity index is 736. The highest BCUT2D eigenvalue weighted by Gasteiger charge is 2.28. The van der Waals surface area contributed by atoms with Gasteiger partial charge < -0.3 is 9.72 Å². The van der Waals surface area contributed by atoms with Crippen LogP contribution in [0.2, 0.25) is 5.02 Å². The summed E-state index contributed by atoms with van der Waals surface area (Å²) in [5.41, 5.74) is 2.05. The molecule has 2 aromatic rings. The van der Waals surface area contributed by atoms with Crippen molar-refractivity contribution in [2.75, 3.05) is 19.8 Å². The van der Waals surface area contributed by atoms with Crippen LogP contribution in [0, 0.1) is 0 Å². The van der Waals surface area contributed by atoms with Gasteiger partial charge in [0.15, 0.2) is 0 Å². The van der Waals surface area contributed by atoms with Gasteiger partial charge in [-0.15, -0.1) is 0 Å². The van der Waals surface area contributed by atoms with Gasteiger partial charge in [0.05, 0.1) is 6.61 Å². The molecule has 0 spiro atoms. The third-order valence-electron chi connectivity index (χ3n) is 3.75. The van der Waals surface area contributed by atoms with E-state index in [1.807, 2.05) is 24.4 Å². The highest BCUT2D eigenvalue weighted by Crippen LogP contribution is 2.22. The van der Waals surface area contributed by atoms with Crippen LogP contribution >= 0.6 is 11.6 Å². The molecule has 114 valence electrons. The second-order valence-electron chi connectivity index (χ2n) is 5.18. The van der Waals surface area contributed by atoms with Crippen molar-refractivity contribution in [1.29, 1.82) is 0 Å². The molecule has 1 aliphatic rings. The average Bonchev–Trinajstić information content (AvgIpc) is 3.08. The monoisotopic (exact) mass is 328 g/mol. The summed E-state index contributed by atoms with van der Waals surface area (Å²) < 4.78 is 31.9. The maximum atomic E-state index is 12.1. The largest absolute Gasteiger partial charge is 0.380 e. The van der Waals surface area contributed by atoms with Crippen molar-refractivity contribution in [3.63, 3.8) is 0 Å². The molecule has 7 heteroatoms. The van der Waals surface area contributed by atoms with Crippen LogP contribution in [0.15, 0.2) is 24.4 Å². The summed E-state index contributed by atoms with van der Waals surface area (Å²) in [5, 5.41) is 1.29. The van der Waals surface area contributed by atoms with Gasteiger partial charge in [-0.1, -0.05) is 11.6 Å². The van der Waals surface area contributed by atoms with Crippen LogP contribution in [0.4, 0.5) is 0 Å². The standard InChI is InChI=1S/C14H17ClN2O3S/c15-11-1-2-14-13(7-11)10(8-16-14)3-5-17-21(18,19)12-4-6-20-9-12/h1-2,7-8,12,16-17H,3-6,9H2. The van der Waals surface area contributed by atoms with E-state index < -0.39 is 15.3 Å². The molecule has 3 rings (SSSR count). The van der Waals surface area contributed by atoms with E-state index in [4.69, 9.17) is 16.3 Å². The molecule has 0 aliphatic carbocycles. The average molecular weight is 329 g/mol. The van der Waals surface area contributed by atoms with Crippen LogP contribution in [0.5, 0.6) is 0 Å². The number of fused-ring (bicyclic) bond motifs is 1. The molecule has 2 heterocycles. The number of nitrogens with one attached hydrogen (secondary N) is 2. The van der Waals surface area contributed by atoms with Gasteiger partial charge in [0.25, 0.3) is 0 Å². The van der Waals surface area contributed by atoms with Gasteiger partial charge in [0, 0.05) is 35.3 Å². The summed E-state index contributed by atoms with van der Waals surface area (Å²) in [6.45, 7) is 1.18. The smallest absolute Gasteiger partial charge is 0.216 e. The number of ether oxygens (including phenoxy) is 1. The molecule has 1 aliphatic heterocycles. The second-order valence-corrected chi connectivity index (χ2v) is 7.66. The minimum atomic E-state index is -3.29. The molecule has 2 N–H and O–H groups in total. The topological polar surface area (TPSA) is 71.2 Å². The van der Waals surface area contributed by atoms with Crippen molar-refractivity contribution in [2.45, 2.75) is 18.1 Å². The number of hydrogen-bond donors (Lipinski definition) is 2. The van der Waals surface area contributed by atoms with Gasteiger partial charge in [0.2, 0.25) is 10.0 Å². The van der Waals surface area contributed by atoms with Crippen LogP contribution < -0.4 is 4.72 Å². The van der Waals surface area contributed by atoms with Crippen LogP contribution in [0.1, 0.15) is 12.0 Å². The number of sulfonamides is 1. The molecule has 1 aromatic heterocycles. The van der Waals surface area contributed by atoms with Crippen LogP contribution in [0.3, 0.4) is 0 Å². The van der Waals surface area contributed by atoms with Gasteiger partial charge >= 0.3 is 0 Å². The van der Waals surface area contributed by atoms with Crippen molar-refractivity contribution >= 4 is 32.5 Å². The maximum absolute atomic E-state index is 12.1. The Balaban J connectivity index is 1.65. The molecule has 5 nitrogen and oxygen atoms in total. The lowest BCUT2D eigenvalue weighted by molar-refractivity contribution is 0.198. The number of rotatable bonds is 5. The summed E-state index contributed by atoms with van der Waals surface area (Å²) in [6, 6.07) is 5.64. The summed E-state index contributed by atoms with van der Waals surface area (Å²) in [6.07, 6.45) is 3.08. The first kappa shape index (κ1) is 14.8. The van der Waals surface area contributed by atoms with Gasteiger partial charge in [-0.3, -0.25) is 0 Å². The zero-order valence-electron chi connectivity index (χ0n) is 11.4. The van der Waals surface area contributed by atoms with Crippen molar-refractivity contribution < 1.29 is 13.2 Å². The summed E-state index contributed by atoms with van der Waals surface area (Å²) in [7, 11) is -3.29. The highest BCUT2D eigenvalue weighted by atomic mass is 35.5. The van der Waals surface area contributed by atoms with E-state index in [2.05, 4.69) is 9.71 Å². The van der Waals surface area contributed by atoms with Crippen molar-refractivity contribution in [3.8, 4) is 0 Å². The number of H-pyrrole nitrogens is 1. The molecule has 1 fully saturated rings. The van der Waals surface area contributed by atoms with E-state index in [0.717, 1.165) is 16.5 Å². The van der Waals surface area contributed by atoms with Gasteiger partial charge in [0.1, 0.15) is 5.25 Å². The Morgan fingerprint density at radius 3 is 3.05 bits per heavy atom. The minimum absolute atomic E-state index is 0.290. The molecule has 21 heavy (non-hydrogen) atoms. The number of benzene rings is 1. The molecular formula is C14H17ClN2O3S. The lowest BCUT2D eigenvalue weighted by Gasteiger charge is -2.10. The van der Waals surface area contributed by atoms with Gasteiger partial charge in [-0.25, -0.2) is 13.1 Å². The Hall–Kier alpha value is -1.08. The molecule has 0 bridgehead atoms. The molecule has 1 aromatic carbocycles. The van der Waals surface area contributed by atoms with Crippen LogP contribution in [-0.2, 0) is 21.2 Å².